The molecule has 0 unspecified atom stereocenters. The van der Waals surface area contributed by atoms with Gasteiger partial charge in [0, 0.05) is 19.0 Å². The molecule has 1 atom stereocenters. The highest BCUT2D eigenvalue weighted by atomic mass is 16.3. The molecule has 0 radical (unpaired) electrons. The quantitative estimate of drug-likeness (QED) is 0.640. The lowest BCUT2D eigenvalue weighted by Crippen LogP contribution is -2.46. The molecule has 3 heterocycles. The maximum atomic E-state index is 13.0. The smallest absolute Gasteiger partial charge is 0.325 e. The standard InChI is InChI=1S/C24H24N4O4/c1-24(17-7-3-2-4-8-17)22(30)28(23(31)26-24)15-20(29)27-13-11-16(12-14-27)21-25-18-9-5-6-10-19(18)32-21/h2-10,16H,11-15H2,1H3,(H,26,31)/t24-/m1/s1. The van der Waals surface area contributed by atoms with E-state index in [9.17, 15) is 14.4 Å². The van der Waals surface area contributed by atoms with Crippen LogP contribution in [0.15, 0.2) is 59.0 Å². The van der Waals surface area contributed by atoms with Gasteiger partial charge < -0.3 is 14.6 Å². The zero-order valence-electron chi connectivity index (χ0n) is 17.8. The summed E-state index contributed by atoms with van der Waals surface area (Å²) < 4.78 is 5.88. The lowest BCUT2D eigenvalue weighted by Gasteiger charge is -2.31. The lowest BCUT2D eigenvalue weighted by atomic mass is 9.92. The van der Waals surface area contributed by atoms with Crippen LogP contribution in [0, 0.1) is 0 Å². The van der Waals surface area contributed by atoms with Crippen molar-refractivity contribution in [2.24, 2.45) is 0 Å². The van der Waals surface area contributed by atoms with Crippen molar-refractivity contribution in [3.63, 3.8) is 0 Å². The van der Waals surface area contributed by atoms with E-state index in [0.717, 1.165) is 28.8 Å². The molecule has 0 spiro atoms. The zero-order valence-corrected chi connectivity index (χ0v) is 17.8. The monoisotopic (exact) mass is 432 g/mol. The Morgan fingerprint density at radius 3 is 2.50 bits per heavy atom. The molecule has 2 aliphatic rings. The highest BCUT2D eigenvalue weighted by molar-refractivity contribution is 6.09. The molecule has 2 saturated heterocycles. The van der Waals surface area contributed by atoms with Crippen LogP contribution in [0.2, 0.25) is 0 Å². The molecular weight excluding hydrogens is 408 g/mol. The summed E-state index contributed by atoms with van der Waals surface area (Å²) in [5.74, 6) is 0.195. The van der Waals surface area contributed by atoms with Gasteiger partial charge in [0.2, 0.25) is 5.91 Å². The van der Waals surface area contributed by atoms with Gasteiger partial charge in [-0.25, -0.2) is 9.78 Å². The van der Waals surface area contributed by atoms with Crippen LogP contribution < -0.4 is 5.32 Å². The third kappa shape index (κ3) is 3.41. The van der Waals surface area contributed by atoms with Crippen molar-refractivity contribution in [2.45, 2.75) is 31.2 Å². The van der Waals surface area contributed by atoms with Gasteiger partial charge in [0.25, 0.3) is 5.91 Å². The number of carbonyl (C=O) groups is 3. The summed E-state index contributed by atoms with van der Waals surface area (Å²) in [5, 5.41) is 2.74. The fourth-order valence-electron chi connectivity index (χ4n) is 4.48. The van der Waals surface area contributed by atoms with Crippen LogP contribution in [0.5, 0.6) is 0 Å². The Balaban J connectivity index is 1.22. The third-order valence-corrected chi connectivity index (χ3v) is 6.43. The molecule has 1 aromatic heterocycles. The maximum Gasteiger partial charge on any atom is 0.325 e. The van der Waals surface area contributed by atoms with Crippen LogP contribution in [0.1, 0.15) is 37.1 Å². The summed E-state index contributed by atoms with van der Waals surface area (Å²) in [4.78, 5) is 45.7. The number of imide groups is 1. The summed E-state index contributed by atoms with van der Waals surface area (Å²) in [6.45, 7) is 2.46. The molecule has 1 N–H and O–H groups in total. The minimum atomic E-state index is -1.17. The van der Waals surface area contributed by atoms with E-state index < -0.39 is 17.5 Å². The van der Waals surface area contributed by atoms with Crippen LogP contribution in [-0.4, -0.2) is 52.3 Å². The van der Waals surface area contributed by atoms with E-state index in [1.807, 2.05) is 42.5 Å². The number of piperidine rings is 1. The molecule has 164 valence electrons. The minimum Gasteiger partial charge on any atom is -0.440 e. The SMILES string of the molecule is C[C@]1(c2ccccc2)NC(=O)N(CC(=O)N2CCC(c3nc4ccccc4o3)CC2)C1=O. The molecule has 8 heteroatoms. The Kier molecular flexibility index (Phi) is 4.92. The van der Waals surface area contributed by atoms with Crippen molar-refractivity contribution in [3.8, 4) is 0 Å². The molecule has 3 aromatic rings. The lowest BCUT2D eigenvalue weighted by molar-refractivity contribution is -0.139. The first-order valence-electron chi connectivity index (χ1n) is 10.8. The fraction of sp³-hybridized carbons (Fsp3) is 0.333. The Morgan fingerprint density at radius 1 is 1.09 bits per heavy atom. The summed E-state index contributed by atoms with van der Waals surface area (Å²) in [6, 6.07) is 16.2. The summed E-state index contributed by atoms with van der Waals surface area (Å²) in [5.41, 5.74) is 1.12. The topological polar surface area (TPSA) is 95.8 Å². The number of nitrogens with zero attached hydrogens (tertiary/aromatic N) is 3. The maximum absolute atomic E-state index is 13.0. The van der Waals surface area contributed by atoms with Crippen molar-refractivity contribution >= 4 is 28.9 Å². The van der Waals surface area contributed by atoms with Crippen LogP contribution in [0.4, 0.5) is 4.79 Å². The molecule has 2 aliphatic heterocycles. The van der Waals surface area contributed by atoms with Gasteiger partial charge in [0.1, 0.15) is 17.6 Å². The predicted octanol–water partition coefficient (Wildman–Crippen LogP) is 3.00. The van der Waals surface area contributed by atoms with Crippen LogP contribution >= 0.6 is 0 Å². The number of fused-ring (bicyclic) bond motifs is 1. The van der Waals surface area contributed by atoms with Crippen molar-refractivity contribution in [1.82, 2.24) is 20.1 Å². The zero-order chi connectivity index (χ0) is 22.3. The highest BCUT2D eigenvalue weighted by Crippen LogP contribution is 2.31. The van der Waals surface area contributed by atoms with Crippen LogP contribution in [0.25, 0.3) is 11.1 Å². The Hall–Kier alpha value is -3.68. The van der Waals surface area contributed by atoms with E-state index in [-0.39, 0.29) is 18.4 Å². The van der Waals surface area contributed by atoms with Gasteiger partial charge in [-0.1, -0.05) is 42.5 Å². The first kappa shape index (κ1) is 20.2. The molecule has 32 heavy (non-hydrogen) atoms. The summed E-state index contributed by atoms with van der Waals surface area (Å²) in [7, 11) is 0. The molecule has 2 aromatic carbocycles. The number of urea groups is 1. The number of oxazole rings is 1. The number of para-hydroxylation sites is 2. The molecule has 5 rings (SSSR count). The second kappa shape index (κ2) is 7.78. The van der Waals surface area contributed by atoms with Crippen molar-refractivity contribution < 1.29 is 18.8 Å². The van der Waals surface area contributed by atoms with Crippen LogP contribution in [-0.2, 0) is 15.1 Å². The molecule has 0 aliphatic carbocycles. The Labute approximate surface area is 185 Å². The molecule has 8 nitrogen and oxygen atoms in total. The van der Waals surface area contributed by atoms with Gasteiger partial charge in [-0.3, -0.25) is 14.5 Å². The average Bonchev–Trinajstić information content (AvgIpc) is 3.35. The molecule has 4 amide bonds. The highest BCUT2D eigenvalue weighted by Gasteiger charge is 2.49. The van der Waals surface area contributed by atoms with Gasteiger partial charge in [0.05, 0.1) is 0 Å². The number of hydrogen-bond acceptors (Lipinski definition) is 5. The Bertz CT molecular complexity index is 1150. The number of hydrogen-bond donors (Lipinski definition) is 1. The second-order valence-corrected chi connectivity index (χ2v) is 8.49. The number of nitrogens with one attached hydrogen (secondary N) is 1. The van der Waals surface area contributed by atoms with Gasteiger partial charge in [-0.15, -0.1) is 0 Å². The average molecular weight is 432 g/mol. The summed E-state index contributed by atoms with van der Waals surface area (Å²) in [6.07, 6.45) is 1.45. The second-order valence-electron chi connectivity index (χ2n) is 8.49. The fourth-order valence-corrected chi connectivity index (χ4v) is 4.48. The third-order valence-electron chi connectivity index (χ3n) is 6.43. The molecule has 2 fully saturated rings. The van der Waals surface area contributed by atoms with Crippen molar-refractivity contribution in [2.75, 3.05) is 19.6 Å². The Morgan fingerprint density at radius 2 is 1.78 bits per heavy atom. The van der Waals surface area contributed by atoms with Gasteiger partial charge >= 0.3 is 6.03 Å². The first-order valence-corrected chi connectivity index (χ1v) is 10.8. The van der Waals surface area contributed by atoms with E-state index in [0.29, 0.717) is 24.5 Å². The van der Waals surface area contributed by atoms with E-state index in [2.05, 4.69) is 10.3 Å². The number of aromatic nitrogens is 1. The molecular formula is C24H24N4O4. The van der Waals surface area contributed by atoms with E-state index in [4.69, 9.17) is 4.42 Å². The number of carbonyl (C=O) groups excluding carboxylic acids is 3. The predicted molar refractivity (Wildman–Crippen MR) is 117 cm³/mol. The van der Waals surface area contributed by atoms with E-state index in [1.165, 1.54) is 0 Å². The van der Waals surface area contributed by atoms with Gasteiger partial charge in [-0.2, -0.15) is 0 Å². The number of rotatable bonds is 4. The number of amides is 4. The largest absolute Gasteiger partial charge is 0.440 e. The number of likely N-dealkylation sites (tertiary alicyclic amines) is 1. The first-order chi connectivity index (χ1) is 15.5. The van der Waals surface area contributed by atoms with E-state index in [1.54, 1.807) is 24.0 Å². The van der Waals surface area contributed by atoms with Gasteiger partial charge in [0.15, 0.2) is 11.5 Å². The minimum absolute atomic E-state index is 0.143. The number of benzene rings is 2. The van der Waals surface area contributed by atoms with Gasteiger partial charge in [-0.05, 0) is 37.5 Å². The van der Waals surface area contributed by atoms with E-state index >= 15 is 0 Å². The summed E-state index contributed by atoms with van der Waals surface area (Å²) >= 11 is 0. The molecule has 0 bridgehead atoms. The molecule has 0 saturated carbocycles. The normalized spacial score (nSPS) is 21.9. The van der Waals surface area contributed by atoms with Crippen molar-refractivity contribution in [1.29, 1.82) is 0 Å². The van der Waals surface area contributed by atoms with Crippen molar-refractivity contribution in [3.05, 3.63) is 66.1 Å². The van der Waals surface area contributed by atoms with Crippen LogP contribution in [0.3, 0.4) is 0 Å².